The van der Waals surface area contributed by atoms with E-state index in [4.69, 9.17) is 4.74 Å². The average molecular weight is 306 g/mol. The summed E-state index contributed by atoms with van der Waals surface area (Å²) in [5.74, 6) is -0.118. The third-order valence-corrected chi connectivity index (χ3v) is 3.99. The number of nitrogens with one attached hydrogen (secondary N) is 2. The molecule has 0 aromatic carbocycles. The largest absolute Gasteiger partial charge is 0.411 e. The minimum absolute atomic E-state index is 0.104. The maximum absolute atomic E-state index is 12.2. The molecule has 1 saturated carbocycles. The first-order chi connectivity index (χ1) is 9.85. The van der Waals surface area contributed by atoms with Gasteiger partial charge in [0.1, 0.15) is 6.61 Å². The fourth-order valence-corrected chi connectivity index (χ4v) is 2.61. The van der Waals surface area contributed by atoms with E-state index in [0.717, 1.165) is 31.5 Å². The van der Waals surface area contributed by atoms with E-state index in [2.05, 4.69) is 10.6 Å². The predicted octanol–water partition coefficient (Wildman–Crippen LogP) is 1.91. The van der Waals surface area contributed by atoms with Gasteiger partial charge in [-0.05, 0) is 38.2 Å². The molecule has 0 bridgehead atoms. The van der Waals surface area contributed by atoms with Gasteiger partial charge in [-0.15, -0.1) is 0 Å². The molecule has 1 amide bonds. The molecule has 2 N–H and O–H groups in total. The van der Waals surface area contributed by atoms with Crippen LogP contribution in [-0.2, 0) is 9.53 Å². The van der Waals surface area contributed by atoms with E-state index in [1.165, 1.54) is 0 Å². The van der Waals surface area contributed by atoms with Crippen molar-refractivity contribution in [2.45, 2.75) is 50.9 Å². The van der Waals surface area contributed by atoms with Gasteiger partial charge in [0.05, 0.1) is 6.10 Å². The van der Waals surface area contributed by atoms with Crippen molar-refractivity contribution in [3.05, 3.63) is 11.1 Å². The van der Waals surface area contributed by atoms with Gasteiger partial charge in [0.15, 0.2) is 0 Å². The number of alkyl halides is 3. The summed E-state index contributed by atoms with van der Waals surface area (Å²) in [5, 5.41) is 5.98. The van der Waals surface area contributed by atoms with Crippen molar-refractivity contribution in [2.75, 3.05) is 19.7 Å². The Morgan fingerprint density at radius 1 is 1.38 bits per heavy atom. The van der Waals surface area contributed by atoms with Crippen molar-refractivity contribution < 1.29 is 22.7 Å². The third-order valence-electron chi connectivity index (χ3n) is 3.99. The van der Waals surface area contributed by atoms with E-state index >= 15 is 0 Å². The van der Waals surface area contributed by atoms with Crippen molar-refractivity contribution >= 4 is 5.91 Å². The number of halogens is 3. The van der Waals surface area contributed by atoms with Crippen molar-refractivity contribution in [1.29, 1.82) is 0 Å². The lowest BCUT2D eigenvalue weighted by Crippen LogP contribution is -2.43. The van der Waals surface area contributed by atoms with E-state index in [1.807, 2.05) is 0 Å². The van der Waals surface area contributed by atoms with E-state index < -0.39 is 18.9 Å². The molecule has 2 rings (SSSR count). The molecule has 0 spiro atoms. The van der Waals surface area contributed by atoms with Crippen molar-refractivity contribution in [2.24, 2.45) is 0 Å². The summed E-state index contributed by atoms with van der Waals surface area (Å²) in [5.41, 5.74) is 1.81. The van der Waals surface area contributed by atoms with Crippen molar-refractivity contribution in [1.82, 2.24) is 10.6 Å². The predicted molar refractivity (Wildman–Crippen MR) is 71.8 cm³/mol. The summed E-state index contributed by atoms with van der Waals surface area (Å²) >= 11 is 0. The Labute approximate surface area is 122 Å². The van der Waals surface area contributed by atoms with Crippen LogP contribution in [0.2, 0.25) is 0 Å². The second-order valence-electron chi connectivity index (χ2n) is 5.72. The Kier molecular flexibility index (Phi) is 5.27. The molecule has 21 heavy (non-hydrogen) atoms. The molecular formula is C14H21F3N2O2. The van der Waals surface area contributed by atoms with E-state index in [-0.39, 0.29) is 11.9 Å². The van der Waals surface area contributed by atoms with Gasteiger partial charge in [-0.2, -0.15) is 13.2 Å². The first-order valence-corrected chi connectivity index (χ1v) is 7.23. The first-order valence-electron chi connectivity index (χ1n) is 7.23. The van der Waals surface area contributed by atoms with E-state index in [0.29, 0.717) is 18.4 Å². The zero-order valence-electron chi connectivity index (χ0n) is 12.1. The van der Waals surface area contributed by atoms with Gasteiger partial charge >= 0.3 is 6.18 Å². The Hall–Kier alpha value is -1.08. The molecule has 7 heteroatoms. The summed E-state index contributed by atoms with van der Waals surface area (Å²) in [6.07, 6.45) is -2.10. The Bertz CT molecular complexity index is 415. The van der Waals surface area contributed by atoms with Crippen LogP contribution < -0.4 is 10.6 Å². The van der Waals surface area contributed by atoms with Gasteiger partial charge in [-0.3, -0.25) is 4.79 Å². The van der Waals surface area contributed by atoms with Crippen molar-refractivity contribution in [3.8, 4) is 0 Å². The fraction of sp³-hybridized carbons (Fsp3) is 0.786. The second kappa shape index (κ2) is 6.79. The fourth-order valence-electron chi connectivity index (χ4n) is 2.61. The minimum atomic E-state index is -4.30. The highest BCUT2D eigenvalue weighted by Gasteiger charge is 2.31. The molecular weight excluding hydrogens is 285 g/mol. The quantitative estimate of drug-likeness (QED) is 0.780. The molecule has 0 aromatic heterocycles. The van der Waals surface area contributed by atoms with Gasteiger partial charge in [-0.1, -0.05) is 0 Å². The number of carbonyl (C=O) groups excluding carboxylic acids is 1. The number of hydrogen-bond acceptors (Lipinski definition) is 3. The molecule has 120 valence electrons. The number of amides is 1. The van der Waals surface area contributed by atoms with Crippen LogP contribution in [0.3, 0.4) is 0 Å². The summed E-state index contributed by atoms with van der Waals surface area (Å²) in [6, 6.07) is -0.104. The molecule has 2 unspecified atom stereocenters. The average Bonchev–Trinajstić information content (AvgIpc) is 2.34. The zero-order chi connectivity index (χ0) is 15.5. The Morgan fingerprint density at radius 3 is 2.67 bits per heavy atom. The van der Waals surface area contributed by atoms with Crippen LogP contribution in [0.1, 0.15) is 32.6 Å². The maximum atomic E-state index is 12.2. The topological polar surface area (TPSA) is 50.4 Å². The third kappa shape index (κ3) is 5.00. The highest BCUT2D eigenvalue weighted by molar-refractivity contribution is 5.94. The van der Waals surface area contributed by atoms with Crippen LogP contribution in [-0.4, -0.2) is 43.9 Å². The van der Waals surface area contributed by atoms with Gasteiger partial charge in [0.2, 0.25) is 5.91 Å². The van der Waals surface area contributed by atoms with Crippen LogP contribution in [0.25, 0.3) is 0 Å². The maximum Gasteiger partial charge on any atom is 0.411 e. The van der Waals surface area contributed by atoms with Crippen molar-refractivity contribution in [3.63, 3.8) is 0 Å². The number of rotatable bonds is 4. The Morgan fingerprint density at radius 2 is 2.10 bits per heavy atom. The monoisotopic (exact) mass is 306 g/mol. The summed E-state index contributed by atoms with van der Waals surface area (Å²) < 4.78 is 41.4. The molecule has 1 saturated heterocycles. The van der Waals surface area contributed by atoms with Gasteiger partial charge in [0.25, 0.3) is 0 Å². The summed E-state index contributed by atoms with van der Waals surface area (Å²) in [6.45, 7) is 2.04. The smallest absolute Gasteiger partial charge is 0.369 e. The van der Waals surface area contributed by atoms with Crippen LogP contribution in [0, 0.1) is 0 Å². The zero-order valence-corrected chi connectivity index (χ0v) is 12.1. The Balaban J connectivity index is 1.79. The van der Waals surface area contributed by atoms with Gasteiger partial charge in [0, 0.05) is 24.7 Å². The van der Waals surface area contributed by atoms with Crippen LogP contribution in [0.4, 0.5) is 13.2 Å². The van der Waals surface area contributed by atoms with Crippen LogP contribution >= 0.6 is 0 Å². The number of ether oxygens (including phenoxy) is 1. The molecule has 2 aliphatic rings. The highest BCUT2D eigenvalue weighted by atomic mass is 19.4. The van der Waals surface area contributed by atoms with E-state index in [1.54, 1.807) is 6.92 Å². The molecule has 1 aliphatic heterocycles. The molecule has 1 heterocycles. The summed E-state index contributed by atoms with van der Waals surface area (Å²) in [7, 11) is 0. The minimum Gasteiger partial charge on any atom is -0.369 e. The standard InChI is InChI=1S/C14H21F3N2O2/c1-9(10-6-18-7-10)13(20)19-11-3-2-4-12(5-11)21-8-14(15,16)17/h11-12,18H,2-8H2,1H3,(H,19,20). The molecule has 4 nitrogen and oxygen atoms in total. The van der Waals surface area contributed by atoms with E-state index in [9.17, 15) is 18.0 Å². The first kappa shape index (κ1) is 16.3. The number of carbonyl (C=O) groups is 1. The van der Waals surface area contributed by atoms with Gasteiger partial charge < -0.3 is 15.4 Å². The van der Waals surface area contributed by atoms with Gasteiger partial charge in [-0.25, -0.2) is 0 Å². The highest BCUT2D eigenvalue weighted by Crippen LogP contribution is 2.24. The molecule has 2 atom stereocenters. The van der Waals surface area contributed by atoms with Crippen LogP contribution in [0.15, 0.2) is 11.1 Å². The molecule has 2 fully saturated rings. The lowest BCUT2D eigenvalue weighted by atomic mass is 9.92. The normalized spacial score (nSPS) is 26.2. The lowest BCUT2D eigenvalue weighted by Gasteiger charge is -2.30. The second-order valence-corrected chi connectivity index (χ2v) is 5.72. The lowest BCUT2D eigenvalue weighted by molar-refractivity contribution is -0.188. The van der Waals surface area contributed by atoms with Crippen LogP contribution in [0.5, 0.6) is 0 Å². The number of hydrogen-bond donors (Lipinski definition) is 2. The molecule has 0 radical (unpaired) electrons. The molecule has 0 aromatic rings. The molecule has 1 aliphatic carbocycles. The SMILES string of the molecule is CC(C(=O)NC1CCCC(OCC(F)(F)F)C1)=C1CNC1. The summed E-state index contributed by atoms with van der Waals surface area (Å²) in [4.78, 5) is 12.1.